The number of nitrogens with zero attached hydrogens (tertiary/aromatic N) is 2. The molecule has 1 N–H and O–H groups in total. The molecule has 1 saturated heterocycles. The monoisotopic (exact) mass is 257 g/mol. The Morgan fingerprint density at radius 1 is 1.26 bits per heavy atom. The number of carbonyl (C=O) groups excluding carboxylic acids is 1. The first-order valence-corrected chi connectivity index (χ1v) is 6.64. The number of hydrogen-bond donors (Lipinski definition) is 1. The maximum atomic E-state index is 12.2. The summed E-state index contributed by atoms with van der Waals surface area (Å²) in [6, 6.07) is 8.93. The van der Waals surface area contributed by atoms with Crippen LogP contribution >= 0.6 is 0 Å². The molecule has 1 heterocycles. The van der Waals surface area contributed by atoms with E-state index in [1.54, 1.807) is 24.3 Å². The van der Waals surface area contributed by atoms with Crippen LogP contribution in [-0.2, 0) is 0 Å². The number of rotatable bonds is 1. The van der Waals surface area contributed by atoms with Crippen LogP contribution in [0.1, 0.15) is 25.8 Å². The lowest BCUT2D eigenvalue weighted by atomic mass is 9.92. The largest absolute Gasteiger partial charge is 0.324 e. The molecule has 1 aromatic rings. The van der Waals surface area contributed by atoms with Crippen LogP contribution in [0.4, 0.5) is 10.5 Å². The first kappa shape index (κ1) is 13.4. The van der Waals surface area contributed by atoms with Gasteiger partial charge >= 0.3 is 6.03 Å². The highest BCUT2D eigenvalue weighted by Crippen LogP contribution is 2.21. The lowest BCUT2D eigenvalue weighted by molar-refractivity contribution is 0.156. The van der Waals surface area contributed by atoms with Gasteiger partial charge in [0.2, 0.25) is 0 Å². The summed E-state index contributed by atoms with van der Waals surface area (Å²) in [7, 11) is 0. The predicted octanol–water partition coefficient (Wildman–Crippen LogP) is 3.07. The van der Waals surface area contributed by atoms with E-state index in [9.17, 15) is 4.79 Å². The third kappa shape index (κ3) is 3.47. The Morgan fingerprint density at radius 3 is 2.37 bits per heavy atom. The fourth-order valence-electron chi connectivity index (χ4n) is 2.66. The highest BCUT2D eigenvalue weighted by molar-refractivity contribution is 5.89. The van der Waals surface area contributed by atoms with Gasteiger partial charge in [-0.15, -0.1) is 0 Å². The van der Waals surface area contributed by atoms with Crippen LogP contribution in [0, 0.1) is 23.2 Å². The quantitative estimate of drug-likeness (QED) is 0.840. The molecule has 0 aliphatic carbocycles. The molecule has 4 heteroatoms. The summed E-state index contributed by atoms with van der Waals surface area (Å²) >= 11 is 0. The minimum absolute atomic E-state index is 0.0527. The van der Waals surface area contributed by atoms with Crippen molar-refractivity contribution in [2.24, 2.45) is 11.8 Å². The summed E-state index contributed by atoms with van der Waals surface area (Å²) in [6.07, 6.45) is 1.18. The Bertz CT molecular complexity index is 479. The zero-order valence-electron chi connectivity index (χ0n) is 11.4. The Morgan fingerprint density at radius 2 is 1.84 bits per heavy atom. The molecule has 1 aliphatic rings. The van der Waals surface area contributed by atoms with Gasteiger partial charge in [0.25, 0.3) is 0 Å². The van der Waals surface area contributed by atoms with Crippen molar-refractivity contribution >= 4 is 11.7 Å². The van der Waals surface area contributed by atoms with Crippen LogP contribution in [0.25, 0.3) is 0 Å². The van der Waals surface area contributed by atoms with Crippen molar-refractivity contribution in [3.05, 3.63) is 29.8 Å². The van der Waals surface area contributed by atoms with E-state index in [-0.39, 0.29) is 6.03 Å². The number of anilines is 1. The summed E-state index contributed by atoms with van der Waals surface area (Å²) in [6.45, 7) is 5.98. The van der Waals surface area contributed by atoms with E-state index in [2.05, 4.69) is 25.2 Å². The van der Waals surface area contributed by atoms with E-state index in [1.807, 2.05) is 4.90 Å². The summed E-state index contributed by atoms with van der Waals surface area (Å²) < 4.78 is 0. The first-order valence-electron chi connectivity index (χ1n) is 6.64. The van der Waals surface area contributed by atoms with Crippen LogP contribution in [0.15, 0.2) is 24.3 Å². The molecule has 19 heavy (non-hydrogen) atoms. The molecule has 1 aliphatic heterocycles. The number of benzene rings is 1. The molecule has 0 saturated carbocycles. The number of nitrogens with one attached hydrogen (secondary N) is 1. The van der Waals surface area contributed by atoms with E-state index in [0.29, 0.717) is 17.4 Å². The predicted molar refractivity (Wildman–Crippen MR) is 74.7 cm³/mol. The number of hydrogen-bond acceptors (Lipinski definition) is 2. The highest BCUT2D eigenvalue weighted by Gasteiger charge is 2.25. The van der Waals surface area contributed by atoms with Gasteiger partial charge in [0.15, 0.2) is 0 Å². The van der Waals surface area contributed by atoms with E-state index in [0.717, 1.165) is 18.8 Å². The Balaban J connectivity index is 1.98. The fourth-order valence-corrected chi connectivity index (χ4v) is 2.66. The average Bonchev–Trinajstić information content (AvgIpc) is 2.38. The van der Waals surface area contributed by atoms with Crippen LogP contribution in [0.3, 0.4) is 0 Å². The van der Waals surface area contributed by atoms with E-state index in [1.165, 1.54) is 6.42 Å². The van der Waals surface area contributed by atoms with Crippen LogP contribution in [0.5, 0.6) is 0 Å². The molecule has 1 fully saturated rings. The highest BCUT2D eigenvalue weighted by atomic mass is 16.2. The third-order valence-electron chi connectivity index (χ3n) is 3.42. The SMILES string of the molecule is CC1CC(C)CN(C(=O)Nc2ccc(C#N)cc2)C1. The van der Waals surface area contributed by atoms with Gasteiger partial charge in [-0.1, -0.05) is 13.8 Å². The minimum Gasteiger partial charge on any atom is -0.324 e. The molecule has 2 atom stereocenters. The number of carbonyl (C=O) groups is 1. The topological polar surface area (TPSA) is 56.1 Å². The molecular weight excluding hydrogens is 238 g/mol. The van der Waals surface area contributed by atoms with Gasteiger partial charge < -0.3 is 10.2 Å². The number of nitriles is 1. The first-order chi connectivity index (χ1) is 9.08. The smallest absolute Gasteiger partial charge is 0.321 e. The van der Waals surface area contributed by atoms with Crippen molar-refractivity contribution in [3.8, 4) is 6.07 Å². The standard InChI is InChI=1S/C15H19N3O/c1-11-7-12(2)10-18(9-11)15(19)17-14-5-3-13(8-16)4-6-14/h3-6,11-12H,7,9-10H2,1-2H3,(H,17,19). The second-order valence-corrected chi connectivity index (χ2v) is 5.47. The zero-order valence-corrected chi connectivity index (χ0v) is 11.4. The molecule has 0 radical (unpaired) electrons. The van der Waals surface area contributed by atoms with Gasteiger partial charge in [0.1, 0.15) is 0 Å². The lowest BCUT2D eigenvalue weighted by Gasteiger charge is -2.34. The van der Waals surface area contributed by atoms with Gasteiger partial charge in [-0.05, 0) is 42.5 Å². The van der Waals surface area contributed by atoms with Crippen molar-refractivity contribution in [1.29, 1.82) is 5.26 Å². The Hall–Kier alpha value is -2.02. The number of likely N-dealkylation sites (tertiary alicyclic amines) is 1. The summed E-state index contributed by atoms with van der Waals surface area (Å²) in [5.41, 5.74) is 1.33. The number of urea groups is 1. The average molecular weight is 257 g/mol. The van der Waals surface area contributed by atoms with Crippen molar-refractivity contribution < 1.29 is 4.79 Å². The van der Waals surface area contributed by atoms with Crippen molar-refractivity contribution in [1.82, 2.24) is 4.90 Å². The molecule has 2 rings (SSSR count). The molecule has 1 aromatic carbocycles. The van der Waals surface area contributed by atoms with Crippen LogP contribution < -0.4 is 5.32 Å². The molecule has 100 valence electrons. The van der Waals surface area contributed by atoms with E-state index < -0.39 is 0 Å². The van der Waals surface area contributed by atoms with Gasteiger partial charge in [-0.25, -0.2) is 4.79 Å². The van der Waals surface area contributed by atoms with Gasteiger partial charge in [-0.2, -0.15) is 5.26 Å². The van der Waals surface area contributed by atoms with Crippen molar-refractivity contribution in [2.75, 3.05) is 18.4 Å². The van der Waals surface area contributed by atoms with E-state index >= 15 is 0 Å². The second-order valence-electron chi connectivity index (χ2n) is 5.47. The van der Waals surface area contributed by atoms with Crippen LogP contribution in [0.2, 0.25) is 0 Å². The van der Waals surface area contributed by atoms with Crippen LogP contribution in [-0.4, -0.2) is 24.0 Å². The number of piperidine rings is 1. The van der Waals surface area contributed by atoms with Gasteiger partial charge in [0.05, 0.1) is 11.6 Å². The summed E-state index contributed by atoms with van der Waals surface area (Å²) in [5, 5.41) is 11.6. The van der Waals surface area contributed by atoms with Gasteiger partial charge in [0, 0.05) is 18.8 Å². The zero-order chi connectivity index (χ0) is 13.8. The van der Waals surface area contributed by atoms with Gasteiger partial charge in [-0.3, -0.25) is 0 Å². The maximum absolute atomic E-state index is 12.2. The molecular formula is C15H19N3O. The molecule has 0 bridgehead atoms. The van der Waals surface area contributed by atoms with E-state index in [4.69, 9.17) is 5.26 Å². The normalized spacial score (nSPS) is 22.7. The fraction of sp³-hybridized carbons (Fsp3) is 0.467. The third-order valence-corrected chi connectivity index (χ3v) is 3.42. The maximum Gasteiger partial charge on any atom is 0.321 e. The summed E-state index contributed by atoms with van der Waals surface area (Å²) in [5.74, 6) is 1.10. The molecule has 2 amide bonds. The summed E-state index contributed by atoms with van der Waals surface area (Å²) in [4.78, 5) is 14.0. The van der Waals surface area contributed by atoms with Crippen molar-refractivity contribution in [3.63, 3.8) is 0 Å². The minimum atomic E-state index is -0.0527. The number of amides is 2. The second kappa shape index (κ2) is 5.75. The Kier molecular flexibility index (Phi) is 4.06. The lowest BCUT2D eigenvalue weighted by Crippen LogP contribution is -2.44. The molecule has 2 unspecified atom stereocenters. The molecule has 0 spiro atoms. The Labute approximate surface area is 114 Å². The molecule has 4 nitrogen and oxygen atoms in total. The van der Waals surface area contributed by atoms with Crippen molar-refractivity contribution in [2.45, 2.75) is 20.3 Å². The molecule has 0 aromatic heterocycles.